The SMILES string of the molecule is CCn1nc(C)cc1CC(=O)c1ccccc1C. The van der Waals surface area contributed by atoms with Gasteiger partial charge in [-0.1, -0.05) is 24.3 Å². The lowest BCUT2D eigenvalue weighted by Crippen LogP contribution is -2.10. The third kappa shape index (κ3) is 2.50. The molecule has 1 aromatic heterocycles. The first kappa shape index (κ1) is 12.6. The fraction of sp³-hybridized carbons (Fsp3) is 0.333. The highest BCUT2D eigenvalue weighted by atomic mass is 16.1. The Morgan fingerprint density at radius 1 is 1.28 bits per heavy atom. The molecule has 0 aliphatic rings. The molecule has 0 aliphatic carbocycles. The lowest BCUT2D eigenvalue weighted by Gasteiger charge is -2.06. The highest BCUT2D eigenvalue weighted by molar-refractivity contribution is 5.98. The fourth-order valence-corrected chi connectivity index (χ4v) is 2.16. The topological polar surface area (TPSA) is 34.9 Å². The van der Waals surface area contributed by atoms with Crippen LogP contribution >= 0.6 is 0 Å². The highest BCUT2D eigenvalue weighted by Gasteiger charge is 2.12. The number of benzene rings is 1. The minimum absolute atomic E-state index is 0.155. The average Bonchev–Trinajstić information content (AvgIpc) is 2.70. The number of carbonyl (C=O) groups excluding carboxylic acids is 1. The van der Waals surface area contributed by atoms with Gasteiger partial charge in [0, 0.05) is 17.8 Å². The summed E-state index contributed by atoms with van der Waals surface area (Å²) >= 11 is 0. The first-order valence-corrected chi connectivity index (χ1v) is 6.24. The summed E-state index contributed by atoms with van der Waals surface area (Å²) in [5, 5.41) is 4.36. The van der Waals surface area contributed by atoms with Gasteiger partial charge in [-0.3, -0.25) is 9.48 Å². The fourth-order valence-electron chi connectivity index (χ4n) is 2.16. The summed E-state index contributed by atoms with van der Waals surface area (Å²) < 4.78 is 1.89. The summed E-state index contributed by atoms with van der Waals surface area (Å²) in [4.78, 5) is 12.3. The van der Waals surface area contributed by atoms with Crippen molar-refractivity contribution < 1.29 is 4.79 Å². The smallest absolute Gasteiger partial charge is 0.169 e. The predicted octanol–water partition coefficient (Wildman–Crippen LogP) is 2.95. The van der Waals surface area contributed by atoms with Crippen LogP contribution in [0.3, 0.4) is 0 Å². The van der Waals surface area contributed by atoms with E-state index in [1.807, 2.05) is 55.8 Å². The molecular weight excluding hydrogens is 224 g/mol. The van der Waals surface area contributed by atoms with Crippen molar-refractivity contribution in [3.8, 4) is 0 Å². The predicted molar refractivity (Wildman–Crippen MR) is 71.9 cm³/mol. The number of Topliss-reactive ketones (excluding diaryl/α,β-unsaturated/α-hetero) is 1. The molecule has 0 aliphatic heterocycles. The maximum Gasteiger partial charge on any atom is 0.169 e. The van der Waals surface area contributed by atoms with Crippen LogP contribution in [0.15, 0.2) is 30.3 Å². The molecule has 2 aromatic rings. The van der Waals surface area contributed by atoms with E-state index in [2.05, 4.69) is 5.10 Å². The Morgan fingerprint density at radius 3 is 2.67 bits per heavy atom. The molecule has 3 nitrogen and oxygen atoms in total. The average molecular weight is 242 g/mol. The molecule has 0 amide bonds. The molecule has 0 fully saturated rings. The van der Waals surface area contributed by atoms with Crippen molar-refractivity contribution >= 4 is 5.78 Å². The lowest BCUT2D eigenvalue weighted by molar-refractivity contribution is 0.0990. The summed E-state index contributed by atoms with van der Waals surface area (Å²) in [6.07, 6.45) is 0.416. The van der Waals surface area contributed by atoms with E-state index in [1.165, 1.54) is 0 Å². The van der Waals surface area contributed by atoms with E-state index in [0.29, 0.717) is 6.42 Å². The first-order chi connectivity index (χ1) is 8.61. The number of aromatic nitrogens is 2. The molecule has 2 rings (SSSR count). The number of nitrogens with zero attached hydrogens (tertiary/aromatic N) is 2. The molecule has 0 radical (unpaired) electrons. The maximum absolute atomic E-state index is 12.3. The van der Waals surface area contributed by atoms with E-state index in [-0.39, 0.29) is 5.78 Å². The van der Waals surface area contributed by atoms with Crippen molar-refractivity contribution in [2.24, 2.45) is 0 Å². The molecule has 0 bridgehead atoms. The van der Waals surface area contributed by atoms with Gasteiger partial charge in [-0.2, -0.15) is 5.10 Å². The maximum atomic E-state index is 12.3. The number of carbonyl (C=O) groups is 1. The van der Waals surface area contributed by atoms with Crippen LogP contribution in [0.25, 0.3) is 0 Å². The van der Waals surface area contributed by atoms with Gasteiger partial charge in [-0.05, 0) is 32.4 Å². The van der Waals surface area contributed by atoms with Gasteiger partial charge in [0.15, 0.2) is 5.78 Å². The van der Waals surface area contributed by atoms with Gasteiger partial charge in [0.25, 0.3) is 0 Å². The van der Waals surface area contributed by atoms with Gasteiger partial charge in [0.2, 0.25) is 0 Å². The van der Waals surface area contributed by atoms with Crippen LogP contribution in [0.4, 0.5) is 0 Å². The first-order valence-electron chi connectivity index (χ1n) is 6.24. The standard InChI is InChI=1S/C15H18N2O/c1-4-17-13(9-12(3)16-17)10-15(18)14-8-6-5-7-11(14)2/h5-9H,4,10H2,1-3H3. The summed E-state index contributed by atoms with van der Waals surface area (Å²) in [5.74, 6) is 0.155. The van der Waals surface area contributed by atoms with Crippen LogP contribution in [0, 0.1) is 13.8 Å². The van der Waals surface area contributed by atoms with Crippen molar-refractivity contribution in [3.63, 3.8) is 0 Å². The number of hydrogen-bond acceptors (Lipinski definition) is 2. The Labute approximate surface area is 107 Å². The summed E-state index contributed by atoms with van der Waals surface area (Å²) in [7, 11) is 0. The number of aryl methyl sites for hydroxylation is 3. The monoisotopic (exact) mass is 242 g/mol. The molecule has 0 saturated heterocycles. The molecule has 0 N–H and O–H groups in total. The lowest BCUT2D eigenvalue weighted by atomic mass is 10.0. The van der Waals surface area contributed by atoms with Gasteiger partial charge >= 0.3 is 0 Å². The van der Waals surface area contributed by atoms with E-state index in [9.17, 15) is 4.79 Å². The van der Waals surface area contributed by atoms with Crippen LogP contribution < -0.4 is 0 Å². The van der Waals surface area contributed by atoms with Gasteiger partial charge < -0.3 is 0 Å². The minimum atomic E-state index is 0.155. The second-order valence-electron chi connectivity index (χ2n) is 4.51. The van der Waals surface area contributed by atoms with E-state index in [4.69, 9.17) is 0 Å². The molecule has 1 aromatic carbocycles. The van der Waals surface area contributed by atoms with Crippen molar-refractivity contribution in [1.29, 1.82) is 0 Å². The van der Waals surface area contributed by atoms with E-state index < -0.39 is 0 Å². The third-order valence-corrected chi connectivity index (χ3v) is 3.07. The number of hydrogen-bond donors (Lipinski definition) is 0. The zero-order valence-electron chi connectivity index (χ0n) is 11.1. The van der Waals surface area contributed by atoms with Crippen LogP contribution in [0.5, 0.6) is 0 Å². The second-order valence-corrected chi connectivity index (χ2v) is 4.51. The Kier molecular flexibility index (Phi) is 3.60. The van der Waals surface area contributed by atoms with Crippen LogP contribution in [-0.4, -0.2) is 15.6 Å². The molecule has 0 saturated carbocycles. The molecule has 0 unspecified atom stereocenters. The van der Waals surface area contributed by atoms with E-state index >= 15 is 0 Å². The molecular formula is C15H18N2O. The number of rotatable bonds is 4. The van der Waals surface area contributed by atoms with E-state index in [0.717, 1.165) is 29.1 Å². The van der Waals surface area contributed by atoms with Gasteiger partial charge in [0.1, 0.15) is 0 Å². The summed E-state index contributed by atoms with van der Waals surface area (Å²) in [6, 6.07) is 9.70. The normalized spacial score (nSPS) is 10.6. The molecule has 0 atom stereocenters. The van der Waals surface area contributed by atoms with Crippen molar-refractivity contribution in [3.05, 3.63) is 52.8 Å². The van der Waals surface area contributed by atoms with Crippen molar-refractivity contribution in [2.75, 3.05) is 0 Å². The largest absolute Gasteiger partial charge is 0.294 e. The van der Waals surface area contributed by atoms with Crippen LogP contribution in [-0.2, 0) is 13.0 Å². The Hall–Kier alpha value is -1.90. The molecule has 18 heavy (non-hydrogen) atoms. The van der Waals surface area contributed by atoms with Crippen molar-refractivity contribution in [2.45, 2.75) is 33.7 Å². The zero-order valence-corrected chi connectivity index (χ0v) is 11.1. The molecule has 94 valence electrons. The van der Waals surface area contributed by atoms with Crippen molar-refractivity contribution in [1.82, 2.24) is 9.78 Å². The van der Waals surface area contributed by atoms with Gasteiger partial charge in [-0.25, -0.2) is 0 Å². The van der Waals surface area contributed by atoms with E-state index in [1.54, 1.807) is 0 Å². The summed E-state index contributed by atoms with van der Waals surface area (Å²) in [5.41, 5.74) is 3.79. The Morgan fingerprint density at radius 2 is 2.00 bits per heavy atom. The molecule has 3 heteroatoms. The third-order valence-electron chi connectivity index (χ3n) is 3.07. The van der Waals surface area contributed by atoms with Gasteiger partial charge in [0.05, 0.1) is 12.1 Å². The van der Waals surface area contributed by atoms with Crippen LogP contribution in [0.1, 0.15) is 34.2 Å². The second kappa shape index (κ2) is 5.17. The highest BCUT2D eigenvalue weighted by Crippen LogP contribution is 2.12. The molecule has 0 spiro atoms. The number of ketones is 1. The summed E-state index contributed by atoms with van der Waals surface area (Å²) in [6.45, 7) is 6.75. The van der Waals surface area contributed by atoms with Gasteiger partial charge in [-0.15, -0.1) is 0 Å². The minimum Gasteiger partial charge on any atom is -0.294 e. The zero-order chi connectivity index (χ0) is 13.1. The molecule has 1 heterocycles. The Bertz CT molecular complexity index is 570. The quantitative estimate of drug-likeness (QED) is 0.773. The Balaban J connectivity index is 2.24. The van der Waals surface area contributed by atoms with Crippen LogP contribution in [0.2, 0.25) is 0 Å².